The maximum atomic E-state index is 11.3. The number of rotatable bonds is 3. The van der Waals surface area contributed by atoms with Crippen molar-refractivity contribution in [1.29, 1.82) is 0 Å². The van der Waals surface area contributed by atoms with Gasteiger partial charge >= 0.3 is 6.18 Å². The van der Waals surface area contributed by atoms with Crippen LogP contribution in [0.2, 0.25) is 0 Å². The largest absolute Gasteiger partial charge is 0.411 e. The molecule has 0 spiro atoms. The second-order valence-corrected chi connectivity index (χ2v) is 4.09. The van der Waals surface area contributed by atoms with Crippen molar-refractivity contribution < 1.29 is 26.3 Å². The van der Waals surface area contributed by atoms with Crippen LogP contribution in [0.1, 0.15) is 0 Å². The molecule has 0 aromatic carbocycles. The Morgan fingerprint density at radius 1 is 1.36 bits per heavy atom. The molecule has 0 heterocycles. The Kier molecular flexibility index (Phi) is 3.30. The molecule has 7 heteroatoms. The Labute approximate surface area is 62.1 Å². The van der Waals surface area contributed by atoms with Crippen LogP contribution in [0.5, 0.6) is 0 Å². The van der Waals surface area contributed by atoms with Crippen molar-refractivity contribution in [3.8, 4) is 0 Å². The molecule has 0 saturated carbocycles. The lowest BCUT2D eigenvalue weighted by Crippen LogP contribution is -2.19. The van der Waals surface area contributed by atoms with Gasteiger partial charge < -0.3 is 4.74 Å². The summed E-state index contributed by atoms with van der Waals surface area (Å²) < 4.78 is 58.2. The molecule has 0 saturated heterocycles. The van der Waals surface area contributed by atoms with E-state index in [2.05, 4.69) is 4.74 Å². The minimum absolute atomic E-state index is 0.795. The van der Waals surface area contributed by atoms with Gasteiger partial charge in [0.25, 0.3) is 0 Å². The number of hydrogen-bond acceptors (Lipinski definition) is 3. The summed E-state index contributed by atoms with van der Waals surface area (Å²) in [4.78, 5) is 0. The van der Waals surface area contributed by atoms with E-state index in [9.17, 15) is 21.6 Å². The minimum Gasteiger partial charge on any atom is -0.356 e. The molecule has 11 heavy (non-hydrogen) atoms. The van der Waals surface area contributed by atoms with Gasteiger partial charge in [0.15, 0.2) is 9.84 Å². The molecule has 0 aliphatic heterocycles. The highest BCUT2D eigenvalue weighted by atomic mass is 32.2. The Morgan fingerprint density at radius 3 is 2.09 bits per heavy atom. The average molecular weight is 192 g/mol. The van der Waals surface area contributed by atoms with E-state index in [1.54, 1.807) is 0 Å². The van der Waals surface area contributed by atoms with Crippen molar-refractivity contribution in [2.24, 2.45) is 0 Å². The fraction of sp³-hybridized carbons (Fsp3) is 1.00. The van der Waals surface area contributed by atoms with Gasteiger partial charge in [0.2, 0.25) is 0 Å². The van der Waals surface area contributed by atoms with Gasteiger partial charge in [-0.1, -0.05) is 0 Å². The number of hydrogen-bond donors (Lipinski definition) is 0. The topological polar surface area (TPSA) is 43.4 Å². The molecule has 0 radical (unpaired) electrons. The SMILES string of the molecule is CS(=O)(=O)COCC(F)(F)F. The van der Waals surface area contributed by atoms with Crippen molar-refractivity contribution in [2.75, 3.05) is 18.8 Å². The molecule has 0 unspecified atom stereocenters. The first-order valence-electron chi connectivity index (χ1n) is 2.53. The summed E-state index contributed by atoms with van der Waals surface area (Å²) in [5.74, 6) is -0.896. The van der Waals surface area contributed by atoms with Crippen LogP contribution in [0.15, 0.2) is 0 Å². The Hall–Kier alpha value is -0.300. The van der Waals surface area contributed by atoms with Crippen LogP contribution >= 0.6 is 0 Å². The molecule has 0 fully saturated rings. The van der Waals surface area contributed by atoms with E-state index in [0.29, 0.717) is 0 Å². The van der Waals surface area contributed by atoms with Crippen LogP contribution in [0.4, 0.5) is 13.2 Å². The Morgan fingerprint density at radius 2 is 1.82 bits per heavy atom. The molecule has 68 valence electrons. The lowest BCUT2D eigenvalue weighted by atomic mass is 10.7. The van der Waals surface area contributed by atoms with Crippen LogP contribution in [0.3, 0.4) is 0 Å². The van der Waals surface area contributed by atoms with Crippen LogP contribution < -0.4 is 0 Å². The summed E-state index contributed by atoms with van der Waals surface area (Å²) in [6.07, 6.45) is -3.67. The van der Waals surface area contributed by atoms with Crippen molar-refractivity contribution in [1.82, 2.24) is 0 Å². The van der Waals surface area contributed by atoms with Crippen molar-refractivity contribution >= 4 is 9.84 Å². The van der Waals surface area contributed by atoms with Gasteiger partial charge in [-0.25, -0.2) is 8.42 Å². The number of alkyl halides is 3. The van der Waals surface area contributed by atoms with E-state index in [0.717, 1.165) is 6.26 Å². The third kappa shape index (κ3) is 9.70. The molecule has 0 rings (SSSR count). The maximum Gasteiger partial charge on any atom is 0.411 e. The molecule has 0 aromatic rings. The summed E-state index contributed by atoms with van der Waals surface area (Å²) in [6, 6.07) is 0. The van der Waals surface area contributed by atoms with Gasteiger partial charge in [-0.3, -0.25) is 0 Å². The molecule has 0 aliphatic rings. The van der Waals surface area contributed by atoms with Gasteiger partial charge in [0, 0.05) is 6.26 Å². The van der Waals surface area contributed by atoms with Crippen LogP contribution in [0, 0.1) is 0 Å². The minimum atomic E-state index is -4.47. The first-order valence-corrected chi connectivity index (χ1v) is 4.59. The van der Waals surface area contributed by atoms with E-state index in [-0.39, 0.29) is 0 Å². The Bertz CT molecular complexity index is 205. The van der Waals surface area contributed by atoms with E-state index in [4.69, 9.17) is 0 Å². The zero-order chi connectivity index (χ0) is 9.12. The summed E-state index contributed by atoms with van der Waals surface area (Å²) in [5.41, 5.74) is 0. The number of ether oxygens (including phenoxy) is 1. The highest BCUT2D eigenvalue weighted by Crippen LogP contribution is 2.14. The van der Waals surface area contributed by atoms with Crippen LogP contribution in [-0.4, -0.2) is 33.4 Å². The second-order valence-electron chi connectivity index (χ2n) is 2.01. The quantitative estimate of drug-likeness (QED) is 0.656. The summed E-state index contributed by atoms with van der Waals surface area (Å²) in [7, 11) is -3.47. The van der Waals surface area contributed by atoms with Crippen molar-refractivity contribution in [2.45, 2.75) is 6.18 Å². The first kappa shape index (κ1) is 10.7. The fourth-order valence-electron chi connectivity index (χ4n) is 0.309. The summed E-state index contributed by atoms with van der Waals surface area (Å²) in [6.45, 7) is -1.53. The standard InChI is InChI=1S/C4H7F3O3S/c1-11(8,9)3-10-2-4(5,6)7/h2-3H2,1H3. The molecule has 3 nitrogen and oxygen atoms in total. The molecule has 0 N–H and O–H groups in total. The lowest BCUT2D eigenvalue weighted by Gasteiger charge is -2.05. The number of halogens is 3. The monoisotopic (exact) mass is 192 g/mol. The van der Waals surface area contributed by atoms with E-state index < -0.39 is 28.6 Å². The van der Waals surface area contributed by atoms with Gasteiger partial charge in [0.1, 0.15) is 12.5 Å². The van der Waals surface area contributed by atoms with Crippen molar-refractivity contribution in [3.05, 3.63) is 0 Å². The van der Waals surface area contributed by atoms with Crippen molar-refractivity contribution in [3.63, 3.8) is 0 Å². The normalized spacial score (nSPS) is 13.5. The molecular weight excluding hydrogens is 185 g/mol. The zero-order valence-electron chi connectivity index (χ0n) is 5.68. The fourth-order valence-corrected chi connectivity index (χ4v) is 0.695. The second kappa shape index (κ2) is 3.40. The zero-order valence-corrected chi connectivity index (χ0v) is 6.50. The molecule has 0 atom stereocenters. The van der Waals surface area contributed by atoms with E-state index in [1.165, 1.54) is 0 Å². The lowest BCUT2D eigenvalue weighted by molar-refractivity contribution is -0.169. The molecule has 0 amide bonds. The van der Waals surface area contributed by atoms with Gasteiger partial charge in [-0.05, 0) is 0 Å². The Balaban J connectivity index is 3.61. The average Bonchev–Trinajstić information content (AvgIpc) is 1.55. The third-order valence-electron chi connectivity index (χ3n) is 0.563. The van der Waals surface area contributed by atoms with Gasteiger partial charge in [-0.2, -0.15) is 13.2 Å². The smallest absolute Gasteiger partial charge is 0.356 e. The molecule has 0 aromatic heterocycles. The molecule has 0 bridgehead atoms. The predicted molar refractivity (Wildman–Crippen MR) is 31.7 cm³/mol. The van der Waals surface area contributed by atoms with Gasteiger partial charge in [-0.15, -0.1) is 0 Å². The molecular formula is C4H7F3O3S. The van der Waals surface area contributed by atoms with E-state index in [1.807, 2.05) is 0 Å². The maximum absolute atomic E-state index is 11.3. The van der Waals surface area contributed by atoms with E-state index >= 15 is 0 Å². The first-order chi connectivity index (χ1) is 4.71. The number of sulfone groups is 1. The van der Waals surface area contributed by atoms with Crippen LogP contribution in [0.25, 0.3) is 0 Å². The summed E-state index contributed by atoms with van der Waals surface area (Å²) >= 11 is 0. The van der Waals surface area contributed by atoms with Gasteiger partial charge in [0.05, 0.1) is 0 Å². The third-order valence-corrected chi connectivity index (χ3v) is 1.16. The predicted octanol–water partition coefficient (Wildman–Crippen LogP) is 0.567. The molecule has 0 aliphatic carbocycles. The highest BCUT2D eigenvalue weighted by Gasteiger charge is 2.27. The highest BCUT2D eigenvalue weighted by molar-refractivity contribution is 7.90. The summed E-state index contributed by atoms with van der Waals surface area (Å²) in [5, 5.41) is 0. The van der Waals surface area contributed by atoms with Crippen LogP contribution in [-0.2, 0) is 14.6 Å².